The van der Waals surface area contributed by atoms with Crippen LogP contribution < -0.4 is 11.1 Å². The summed E-state index contributed by atoms with van der Waals surface area (Å²) < 4.78 is 5.35. The quantitative estimate of drug-likeness (QED) is 0.824. The lowest BCUT2D eigenvalue weighted by molar-refractivity contribution is 0.0699. The van der Waals surface area contributed by atoms with Crippen LogP contribution >= 0.6 is 0 Å². The molecule has 1 amide bonds. The van der Waals surface area contributed by atoms with E-state index in [9.17, 15) is 4.79 Å². The van der Waals surface area contributed by atoms with Gasteiger partial charge in [0, 0.05) is 39.4 Å². The normalized spacial score (nSPS) is 15.9. The van der Waals surface area contributed by atoms with Crippen LogP contribution in [0.2, 0.25) is 0 Å². The van der Waals surface area contributed by atoms with E-state index in [1.54, 1.807) is 25.1 Å². The molecule has 1 saturated heterocycles. The molecular weight excluding hydrogens is 254 g/mol. The number of carbonyl (C=O) groups is 1. The number of carbonyl (C=O) groups excluding carboxylic acids is 1. The maximum absolute atomic E-state index is 11.8. The highest BCUT2D eigenvalue weighted by molar-refractivity contribution is 5.95. The summed E-state index contributed by atoms with van der Waals surface area (Å²) in [6.07, 6.45) is 2.17. The van der Waals surface area contributed by atoms with Gasteiger partial charge in [0.2, 0.25) is 0 Å². The first-order valence-electron chi connectivity index (χ1n) is 7.00. The van der Waals surface area contributed by atoms with Gasteiger partial charge in [-0.25, -0.2) is 0 Å². The van der Waals surface area contributed by atoms with Crippen molar-refractivity contribution in [2.24, 2.45) is 5.92 Å². The fourth-order valence-corrected chi connectivity index (χ4v) is 2.32. The van der Waals surface area contributed by atoms with E-state index in [-0.39, 0.29) is 5.91 Å². The molecule has 20 heavy (non-hydrogen) atoms. The Bertz CT molecular complexity index is 468. The molecule has 110 valence electrons. The summed E-state index contributed by atoms with van der Waals surface area (Å²) in [6.45, 7) is 2.59. The predicted molar refractivity (Wildman–Crippen MR) is 80.9 cm³/mol. The van der Waals surface area contributed by atoms with Gasteiger partial charge in [0.1, 0.15) is 0 Å². The third-order valence-corrected chi connectivity index (χ3v) is 3.63. The van der Waals surface area contributed by atoms with Crippen molar-refractivity contribution in [2.75, 3.05) is 44.9 Å². The SMILES string of the molecule is CN(C)C(=O)c1ccc(NCC2CCOCC2)c(N)c1. The second kappa shape index (κ2) is 6.61. The maximum Gasteiger partial charge on any atom is 0.253 e. The average Bonchev–Trinajstić information content (AvgIpc) is 2.46. The highest BCUT2D eigenvalue weighted by atomic mass is 16.5. The molecule has 1 fully saturated rings. The van der Waals surface area contributed by atoms with Gasteiger partial charge in [-0.15, -0.1) is 0 Å². The van der Waals surface area contributed by atoms with Crippen molar-refractivity contribution in [2.45, 2.75) is 12.8 Å². The summed E-state index contributed by atoms with van der Waals surface area (Å²) in [7, 11) is 3.46. The summed E-state index contributed by atoms with van der Waals surface area (Å²) in [5.41, 5.74) is 8.14. The molecule has 1 aromatic rings. The second-order valence-corrected chi connectivity index (χ2v) is 5.44. The van der Waals surface area contributed by atoms with Crippen LogP contribution in [-0.4, -0.2) is 44.7 Å². The van der Waals surface area contributed by atoms with Crippen molar-refractivity contribution in [1.82, 2.24) is 4.90 Å². The van der Waals surface area contributed by atoms with Gasteiger partial charge >= 0.3 is 0 Å². The van der Waals surface area contributed by atoms with Gasteiger partial charge in [0.25, 0.3) is 5.91 Å². The molecule has 5 nitrogen and oxygen atoms in total. The van der Waals surface area contributed by atoms with Gasteiger partial charge in [-0.05, 0) is 37.0 Å². The topological polar surface area (TPSA) is 67.6 Å². The molecule has 1 heterocycles. The molecule has 5 heteroatoms. The monoisotopic (exact) mass is 277 g/mol. The zero-order valence-electron chi connectivity index (χ0n) is 12.2. The van der Waals surface area contributed by atoms with Crippen LogP contribution in [0, 0.1) is 5.92 Å². The van der Waals surface area contributed by atoms with E-state index in [0.717, 1.165) is 38.3 Å². The summed E-state index contributed by atoms with van der Waals surface area (Å²) in [5, 5.41) is 3.37. The predicted octanol–water partition coefficient (Wildman–Crippen LogP) is 1.81. The Morgan fingerprint density at radius 2 is 2.10 bits per heavy atom. The third-order valence-electron chi connectivity index (χ3n) is 3.63. The molecule has 1 aliphatic rings. The van der Waals surface area contributed by atoms with Crippen LogP contribution in [0.1, 0.15) is 23.2 Å². The molecule has 0 bridgehead atoms. The number of nitrogen functional groups attached to an aromatic ring is 1. The first-order chi connectivity index (χ1) is 9.58. The van der Waals surface area contributed by atoms with Gasteiger partial charge in [-0.2, -0.15) is 0 Å². The summed E-state index contributed by atoms with van der Waals surface area (Å²) in [4.78, 5) is 13.4. The van der Waals surface area contributed by atoms with Crippen LogP contribution in [0.25, 0.3) is 0 Å². The molecule has 0 unspecified atom stereocenters. The summed E-state index contributed by atoms with van der Waals surface area (Å²) in [6, 6.07) is 5.42. The average molecular weight is 277 g/mol. The Labute approximate surface area is 120 Å². The van der Waals surface area contributed by atoms with Gasteiger partial charge in [0.15, 0.2) is 0 Å². The van der Waals surface area contributed by atoms with Gasteiger partial charge in [-0.3, -0.25) is 4.79 Å². The van der Waals surface area contributed by atoms with Gasteiger partial charge in [-0.1, -0.05) is 0 Å². The highest BCUT2D eigenvalue weighted by Gasteiger charge is 2.14. The van der Waals surface area contributed by atoms with E-state index >= 15 is 0 Å². The van der Waals surface area contributed by atoms with E-state index < -0.39 is 0 Å². The minimum Gasteiger partial charge on any atom is -0.397 e. The third kappa shape index (κ3) is 3.63. The van der Waals surface area contributed by atoms with Crippen molar-refractivity contribution in [3.8, 4) is 0 Å². The lowest BCUT2D eigenvalue weighted by Gasteiger charge is -2.23. The van der Waals surface area contributed by atoms with E-state index in [0.29, 0.717) is 17.2 Å². The van der Waals surface area contributed by atoms with Crippen LogP contribution in [0.5, 0.6) is 0 Å². The Morgan fingerprint density at radius 3 is 2.70 bits per heavy atom. The van der Waals surface area contributed by atoms with E-state index in [4.69, 9.17) is 10.5 Å². The molecule has 2 rings (SSSR count). The summed E-state index contributed by atoms with van der Waals surface area (Å²) in [5.74, 6) is 0.596. The molecule has 1 aliphatic heterocycles. The molecule has 0 saturated carbocycles. The molecule has 0 spiro atoms. The molecule has 1 aromatic carbocycles. The molecule has 0 atom stereocenters. The minimum absolute atomic E-state index is 0.0346. The van der Waals surface area contributed by atoms with E-state index in [1.807, 2.05) is 12.1 Å². The van der Waals surface area contributed by atoms with Crippen molar-refractivity contribution < 1.29 is 9.53 Å². The number of benzene rings is 1. The molecule has 0 aromatic heterocycles. The lowest BCUT2D eigenvalue weighted by atomic mass is 10.0. The van der Waals surface area contributed by atoms with Crippen LogP contribution in [-0.2, 0) is 4.74 Å². The number of rotatable bonds is 4. The highest BCUT2D eigenvalue weighted by Crippen LogP contribution is 2.22. The number of hydrogen-bond donors (Lipinski definition) is 2. The fraction of sp³-hybridized carbons (Fsp3) is 0.533. The number of hydrogen-bond acceptors (Lipinski definition) is 4. The Balaban J connectivity index is 1.97. The van der Waals surface area contributed by atoms with Gasteiger partial charge in [0.05, 0.1) is 11.4 Å². The number of nitrogens with zero attached hydrogens (tertiary/aromatic N) is 1. The van der Waals surface area contributed by atoms with Crippen molar-refractivity contribution in [1.29, 1.82) is 0 Å². The number of ether oxygens (including phenoxy) is 1. The molecule has 0 aliphatic carbocycles. The van der Waals surface area contributed by atoms with Crippen LogP contribution in [0.4, 0.5) is 11.4 Å². The Morgan fingerprint density at radius 1 is 1.40 bits per heavy atom. The first kappa shape index (κ1) is 14.7. The van der Waals surface area contributed by atoms with Crippen LogP contribution in [0.3, 0.4) is 0 Å². The fourth-order valence-electron chi connectivity index (χ4n) is 2.32. The minimum atomic E-state index is -0.0346. The number of nitrogens with one attached hydrogen (secondary N) is 1. The zero-order valence-corrected chi connectivity index (χ0v) is 12.2. The largest absolute Gasteiger partial charge is 0.397 e. The molecule has 3 N–H and O–H groups in total. The van der Waals surface area contributed by atoms with E-state index in [1.165, 1.54) is 0 Å². The van der Waals surface area contributed by atoms with Crippen molar-refractivity contribution in [3.05, 3.63) is 23.8 Å². The zero-order chi connectivity index (χ0) is 14.5. The summed E-state index contributed by atoms with van der Waals surface area (Å²) >= 11 is 0. The number of amides is 1. The standard InChI is InChI=1S/C15H23N3O2/c1-18(2)15(19)12-3-4-14(13(16)9-12)17-10-11-5-7-20-8-6-11/h3-4,9,11,17H,5-8,10,16H2,1-2H3. The van der Waals surface area contributed by atoms with Gasteiger partial charge < -0.3 is 20.7 Å². The smallest absolute Gasteiger partial charge is 0.253 e. The Hall–Kier alpha value is -1.75. The number of nitrogens with two attached hydrogens (primary N) is 1. The van der Waals surface area contributed by atoms with Crippen molar-refractivity contribution in [3.63, 3.8) is 0 Å². The second-order valence-electron chi connectivity index (χ2n) is 5.44. The maximum atomic E-state index is 11.8. The Kier molecular flexibility index (Phi) is 4.84. The lowest BCUT2D eigenvalue weighted by Crippen LogP contribution is -2.23. The van der Waals surface area contributed by atoms with E-state index in [2.05, 4.69) is 5.32 Å². The van der Waals surface area contributed by atoms with Crippen molar-refractivity contribution >= 4 is 17.3 Å². The first-order valence-corrected chi connectivity index (χ1v) is 7.00. The molecule has 0 radical (unpaired) electrons. The number of anilines is 2. The van der Waals surface area contributed by atoms with Crippen LogP contribution in [0.15, 0.2) is 18.2 Å². The molecular formula is C15H23N3O2.